The van der Waals surface area contributed by atoms with Gasteiger partial charge in [-0.1, -0.05) is 17.7 Å². The summed E-state index contributed by atoms with van der Waals surface area (Å²) in [6.45, 7) is 2.96. The number of aromatic nitrogens is 1. The van der Waals surface area contributed by atoms with Crippen molar-refractivity contribution in [1.29, 1.82) is 0 Å². The van der Waals surface area contributed by atoms with Gasteiger partial charge in [0, 0.05) is 12.7 Å². The zero-order valence-corrected chi connectivity index (χ0v) is 11.3. The lowest BCUT2D eigenvalue weighted by atomic mass is 10.2. The van der Waals surface area contributed by atoms with Crippen LogP contribution in [-0.4, -0.2) is 16.7 Å². The highest BCUT2D eigenvalue weighted by Crippen LogP contribution is 2.27. The summed E-state index contributed by atoms with van der Waals surface area (Å²) in [7, 11) is 0. The first-order valence-electron chi connectivity index (χ1n) is 5.99. The van der Waals surface area contributed by atoms with Crippen LogP contribution in [0.2, 0.25) is 5.15 Å². The van der Waals surface area contributed by atoms with Crippen molar-refractivity contribution in [2.75, 3.05) is 11.9 Å². The first kappa shape index (κ1) is 13.5. The van der Waals surface area contributed by atoms with E-state index in [2.05, 4.69) is 10.3 Å². The van der Waals surface area contributed by atoms with Crippen LogP contribution in [0.25, 0.3) is 0 Å². The summed E-state index contributed by atoms with van der Waals surface area (Å²) >= 11 is 5.96. The highest BCUT2D eigenvalue weighted by Gasteiger charge is 2.04. The minimum atomic E-state index is 0.144. The summed E-state index contributed by atoms with van der Waals surface area (Å²) in [5.41, 5.74) is 1.76. The number of anilines is 1. The predicted molar refractivity (Wildman–Crippen MR) is 75.8 cm³/mol. The van der Waals surface area contributed by atoms with Gasteiger partial charge in [0.1, 0.15) is 0 Å². The van der Waals surface area contributed by atoms with Gasteiger partial charge in [-0.15, -0.1) is 0 Å². The number of rotatable bonds is 5. The molecule has 0 atom stereocenters. The molecule has 2 aromatic rings. The van der Waals surface area contributed by atoms with Gasteiger partial charge in [0.2, 0.25) is 0 Å². The van der Waals surface area contributed by atoms with Crippen molar-refractivity contribution >= 4 is 17.3 Å². The Bertz CT molecular complexity index is 561. The summed E-state index contributed by atoms with van der Waals surface area (Å²) in [5.74, 6) is 0.629. The lowest BCUT2D eigenvalue weighted by molar-refractivity contribution is 0.318. The van der Waals surface area contributed by atoms with E-state index in [1.807, 2.05) is 25.1 Å². The lowest BCUT2D eigenvalue weighted by Crippen LogP contribution is -2.01. The number of pyridine rings is 1. The topological polar surface area (TPSA) is 54.4 Å². The van der Waals surface area contributed by atoms with Crippen LogP contribution < -0.4 is 10.1 Å². The number of hydrogen-bond acceptors (Lipinski definition) is 4. The van der Waals surface area contributed by atoms with Crippen LogP contribution in [0.15, 0.2) is 36.5 Å². The van der Waals surface area contributed by atoms with Crippen molar-refractivity contribution in [3.63, 3.8) is 0 Å². The fraction of sp³-hybridized carbons (Fsp3) is 0.214. The monoisotopic (exact) mass is 278 g/mol. The van der Waals surface area contributed by atoms with E-state index >= 15 is 0 Å². The summed E-state index contributed by atoms with van der Waals surface area (Å²) in [4.78, 5) is 3.99. The zero-order chi connectivity index (χ0) is 13.7. The van der Waals surface area contributed by atoms with Crippen LogP contribution in [-0.2, 0) is 6.54 Å². The average molecular weight is 279 g/mol. The molecule has 19 heavy (non-hydrogen) atoms. The number of phenolic OH excluding ortho intramolecular Hbond substituents is 1. The molecular weight excluding hydrogens is 264 g/mol. The Morgan fingerprint density at radius 2 is 2.21 bits per heavy atom. The molecule has 1 aromatic heterocycles. The molecule has 0 fully saturated rings. The second-order valence-corrected chi connectivity index (χ2v) is 4.29. The van der Waals surface area contributed by atoms with E-state index in [0.29, 0.717) is 24.1 Å². The second-order valence-electron chi connectivity index (χ2n) is 3.93. The standard InChI is InChI=1S/C14H15ClN2O2/c1-2-19-13-8-10(5-6-12(13)18)9-17-11-4-3-7-16-14(11)15/h3-8,17-18H,2,9H2,1H3. The number of halogens is 1. The number of aromatic hydroxyl groups is 1. The summed E-state index contributed by atoms with van der Waals surface area (Å²) in [6, 6.07) is 8.92. The molecule has 1 aromatic carbocycles. The van der Waals surface area contributed by atoms with Gasteiger partial charge in [-0.05, 0) is 36.8 Å². The van der Waals surface area contributed by atoms with E-state index in [1.54, 1.807) is 18.3 Å². The van der Waals surface area contributed by atoms with Crippen LogP contribution in [0.4, 0.5) is 5.69 Å². The van der Waals surface area contributed by atoms with Crippen molar-refractivity contribution in [1.82, 2.24) is 4.98 Å². The Morgan fingerprint density at radius 1 is 1.37 bits per heavy atom. The Balaban J connectivity index is 2.07. The third-order valence-electron chi connectivity index (χ3n) is 2.57. The van der Waals surface area contributed by atoms with Crippen molar-refractivity contribution in [3.8, 4) is 11.5 Å². The first-order chi connectivity index (χ1) is 9.20. The highest BCUT2D eigenvalue weighted by molar-refractivity contribution is 6.31. The van der Waals surface area contributed by atoms with E-state index in [0.717, 1.165) is 11.3 Å². The SMILES string of the molecule is CCOc1cc(CNc2cccnc2Cl)ccc1O. The van der Waals surface area contributed by atoms with Gasteiger partial charge >= 0.3 is 0 Å². The molecule has 0 saturated carbocycles. The smallest absolute Gasteiger partial charge is 0.161 e. The molecular formula is C14H15ClN2O2. The van der Waals surface area contributed by atoms with E-state index in [4.69, 9.17) is 16.3 Å². The number of nitrogens with one attached hydrogen (secondary N) is 1. The second kappa shape index (κ2) is 6.29. The molecule has 0 spiro atoms. The van der Waals surface area contributed by atoms with Crippen LogP contribution >= 0.6 is 11.6 Å². The maximum absolute atomic E-state index is 9.62. The van der Waals surface area contributed by atoms with Crippen LogP contribution in [0, 0.1) is 0 Å². The van der Waals surface area contributed by atoms with Crippen LogP contribution in [0.5, 0.6) is 11.5 Å². The van der Waals surface area contributed by atoms with Crippen LogP contribution in [0.1, 0.15) is 12.5 Å². The molecule has 0 unspecified atom stereocenters. The number of benzene rings is 1. The number of ether oxygens (including phenoxy) is 1. The predicted octanol–water partition coefficient (Wildman–Crippen LogP) is 3.45. The van der Waals surface area contributed by atoms with Gasteiger partial charge in [0.25, 0.3) is 0 Å². The maximum atomic E-state index is 9.62. The Morgan fingerprint density at radius 3 is 2.95 bits per heavy atom. The fourth-order valence-corrected chi connectivity index (χ4v) is 1.84. The third kappa shape index (κ3) is 3.51. The third-order valence-corrected chi connectivity index (χ3v) is 2.87. The minimum absolute atomic E-state index is 0.144. The van der Waals surface area contributed by atoms with E-state index in [9.17, 15) is 5.11 Å². The zero-order valence-electron chi connectivity index (χ0n) is 10.6. The van der Waals surface area contributed by atoms with Crippen molar-refractivity contribution in [2.24, 2.45) is 0 Å². The van der Waals surface area contributed by atoms with Crippen molar-refractivity contribution in [3.05, 3.63) is 47.2 Å². The summed E-state index contributed by atoms with van der Waals surface area (Å²) < 4.78 is 5.34. The number of phenols is 1. The molecule has 100 valence electrons. The average Bonchev–Trinajstić information content (AvgIpc) is 2.41. The molecule has 5 heteroatoms. The highest BCUT2D eigenvalue weighted by atomic mass is 35.5. The van der Waals surface area contributed by atoms with E-state index < -0.39 is 0 Å². The molecule has 4 nitrogen and oxygen atoms in total. The Kier molecular flexibility index (Phi) is 4.47. The summed E-state index contributed by atoms with van der Waals surface area (Å²) in [6.07, 6.45) is 1.64. The molecule has 0 amide bonds. The van der Waals surface area contributed by atoms with Gasteiger partial charge in [0.05, 0.1) is 12.3 Å². The van der Waals surface area contributed by atoms with Gasteiger partial charge in [-0.2, -0.15) is 0 Å². The van der Waals surface area contributed by atoms with Gasteiger partial charge in [-0.25, -0.2) is 4.98 Å². The fourth-order valence-electron chi connectivity index (χ4n) is 1.65. The number of nitrogens with zero attached hydrogens (tertiary/aromatic N) is 1. The van der Waals surface area contributed by atoms with Gasteiger partial charge in [-0.3, -0.25) is 0 Å². The van der Waals surface area contributed by atoms with Crippen LogP contribution in [0.3, 0.4) is 0 Å². The van der Waals surface area contributed by atoms with E-state index in [-0.39, 0.29) is 5.75 Å². The molecule has 0 aliphatic carbocycles. The Hall–Kier alpha value is -1.94. The quantitative estimate of drug-likeness (QED) is 0.823. The van der Waals surface area contributed by atoms with Gasteiger partial charge in [0.15, 0.2) is 16.7 Å². The van der Waals surface area contributed by atoms with E-state index in [1.165, 1.54) is 0 Å². The molecule has 0 aliphatic rings. The van der Waals surface area contributed by atoms with Gasteiger partial charge < -0.3 is 15.2 Å². The largest absolute Gasteiger partial charge is 0.504 e. The molecule has 2 N–H and O–H groups in total. The molecule has 0 saturated heterocycles. The van der Waals surface area contributed by atoms with Crippen molar-refractivity contribution in [2.45, 2.75) is 13.5 Å². The van der Waals surface area contributed by atoms with Crippen molar-refractivity contribution < 1.29 is 9.84 Å². The minimum Gasteiger partial charge on any atom is -0.504 e. The molecule has 0 bridgehead atoms. The maximum Gasteiger partial charge on any atom is 0.161 e. The molecule has 0 aliphatic heterocycles. The molecule has 0 radical (unpaired) electrons. The lowest BCUT2D eigenvalue weighted by Gasteiger charge is -2.10. The molecule has 2 rings (SSSR count). The Labute approximate surface area is 117 Å². The number of hydrogen-bond donors (Lipinski definition) is 2. The normalized spacial score (nSPS) is 10.2. The first-order valence-corrected chi connectivity index (χ1v) is 6.37. The molecule has 1 heterocycles. The summed E-state index contributed by atoms with van der Waals surface area (Å²) in [5, 5.41) is 13.2.